The summed E-state index contributed by atoms with van der Waals surface area (Å²) in [6.45, 7) is 3.95. The maximum atomic E-state index is 5.35. The Hall–Kier alpha value is -1.26. The maximum absolute atomic E-state index is 5.35. The predicted octanol–water partition coefficient (Wildman–Crippen LogP) is 1.74. The standard InChI is InChI=1S/C14H24N2O2/c1-11(10-16(2)3)15-9-12-8-13(17-4)6-7-14(12)18-5/h6-8,11,15H,9-10H2,1-5H3. The fraction of sp³-hybridized carbons (Fsp3) is 0.571. The van der Waals surface area contributed by atoms with E-state index in [9.17, 15) is 0 Å². The summed E-state index contributed by atoms with van der Waals surface area (Å²) in [6.07, 6.45) is 0. The Balaban J connectivity index is 2.64. The molecule has 1 rings (SSSR count). The third kappa shape index (κ3) is 4.55. The zero-order chi connectivity index (χ0) is 13.5. The number of hydrogen-bond donors (Lipinski definition) is 1. The largest absolute Gasteiger partial charge is 0.497 e. The van der Waals surface area contributed by atoms with Crippen molar-refractivity contribution in [3.8, 4) is 11.5 Å². The van der Waals surface area contributed by atoms with E-state index in [1.807, 2.05) is 18.2 Å². The number of ether oxygens (including phenoxy) is 2. The lowest BCUT2D eigenvalue weighted by atomic mass is 10.1. The average Bonchev–Trinajstić information content (AvgIpc) is 2.35. The molecule has 0 radical (unpaired) electrons. The van der Waals surface area contributed by atoms with Crippen molar-refractivity contribution in [3.05, 3.63) is 23.8 Å². The number of benzene rings is 1. The highest BCUT2D eigenvalue weighted by atomic mass is 16.5. The minimum absolute atomic E-state index is 0.427. The van der Waals surface area contributed by atoms with Crippen LogP contribution in [-0.4, -0.2) is 45.8 Å². The van der Waals surface area contributed by atoms with Crippen LogP contribution in [0.25, 0.3) is 0 Å². The molecule has 1 unspecified atom stereocenters. The van der Waals surface area contributed by atoms with Crippen molar-refractivity contribution in [2.24, 2.45) is 0 Å². The van der Waals surface area contributed by atoms with Crippen molar-refractivity contribution < 1.29 is 9.47 Å². The summed E-state index contributed by atoms with van der Waals surface area (Å²) in [6, 6.07) is 6.28. The van der Waals surface area contributed by atoms with Crippen LogP contribution in [0.1, 0.15) is 12.5 Å². The molecule has 1 N–H and O–H groups in total. The molecule has 102 valence electrons. The molecule has 0 saturated heterocycles. The van der Waals surface area contributed by atoms with E-state index >= 15 is 0 Å². The Kier molecular flexibility index (Phi) is 5.95. The van der Waals surface area contributed by atoms with Crippen molar-refractivity contribution in [2.75, 3.05) is 34.9 Å². The van der Waals surface area contributed by atoms with Gasteiger partial charge in [0.05, 0.1) is 14.2 Å². The second kappa shape index (κ2) is 7.24. The molecule has 0 aliphatic rings. The Morgan fingerprint density at radius 3 is 2.50 bits per heavy atom. The van der Waals surface area contributed by atoms with Gasteiger partial charge in [-0.05, 0) is 39.2 Å². The summed E-state index contributed by atoms with van der Waals surface area (Å²) in [5.41, 5.74) is 1.11. The summed E-state index contributed by atoms with van der Waals surface area (Å²) >= 11 is 0. The molecule has 4 heteroatoms. The first-order chi connectivity index (χ1) is 8.56. The lowest BCUT2D eigenvalue weighted by Crippen LogP contribution is -2.35. The van der Waals surface area contributed by atoms with Gasteiger partial charge in [-0.25, -0.2) is 0 Å². The van der Waals surface area contributed by atoms with Crippen LogP contribution in [0.15, 0.2) is 18.2 Å². The molecule has 0 bridgehead atoms. The van der Waals surface area contributed by atoms with Crippen LogP contribution in [0.4, 0.5) is 0 Å². The van der Waals surface area contributed by atoms with Crippen molar-refractivity contribution >= 4 is 0 Å². The summed E-state index contributed by atoms with van der Waals surface area (Å²) in [5.74, 6) is 1.74. The van der Waals surface area contributed by atoms with E-state index in [-0.39, 0.29) is 0 Å². The van der Waals surface area contributed by atoms with E-state index in [1.165, 1.54) is 0 Å². The molecular formula is C14H24N2O2. The van der Waals surface area contributed by atoms with Gasteiger partial charge < -0.3 is 19.7 Å². The minimum atomic E-state index is 0.427. The molecular weight excluding hydrogens is 228 g/mol. The minimum Gasteiger partial charge on any atom is -0.497 e. The molecule has 1 aromatic rings. The first-order valence-corrected chi connectivity index (χ1v) is 6.15. The number of hydrogen-bond acceptors (Lipinski definition) is 4. The SMILES string of the molecule is COc1ccc(OC)c(CNC(C)CN(C)C)c1. The zero-order valence-corrected chi connectivity index (χ0v) is 12.0. The zero-order valence-electron chi connectivity index (χ0n) is 12.0. The van der Waals surface area contributed by atoms with Crippen molar-refractivity contribution in [2.45, 2.75) is 19.5 Å². The Morgan fingerprint density at radius 1 is 1.22 bits per heavy atom. The van der Waals surface area contributed by atoms with Gasteiger partial charge in [0.25, 0.3) is 0 Å². The van der Waals surface area contributed by atoms with E-state index in [0.29, 0.717) is 6.04 Å². The summed E-state index contributed by atoms with van der Waals surface area (Å²) in [5, 5.41) is 3.48. The number of rotatable bonds is 7. The fourth-order valence-electron chi connectivity index (χ4n) is 1.92. The lowest BCUT2D eigenvalue weighted by Gasteiger charge is -2.19. The first kappa shape index (κ1) is 14.8. The monoisotopic (exact) mass is 252 g/mol. The average molecular weight is 252 g/mol. The van der Waals surface area contributed by atoms with Crippen LogP contribution in [0.2, 0.25) is 0 Å². The molecule has 0 aliphatic carbocycles. The van der Waals surface area contributed by atoms with E-state index in [2.05, 4.69) is 31.2 Å². The predicted molar refractivity (Wildman–Crippen MR) is 74.4 cm³/mol. The fourth-order valence-corrected chi connectivity index (χ4v) is 1.92. The lowest BCUT2D eigenvalue weighted by molar-refractivity contribution is 0.346. The van der Waals surface area contributed by atoms with Crippen molar-refractivity contribution in [3.63, 3.8) is 0 Å². The number of nitrogens with one attached hydrogen (secondary N) is 1. The molecule has 0 aliphatic heterocycles. The van der Waals surface area contributed by atoms with Gasteiger partial charge in [-0.2, -0.15) is 0 Å². The quantitative estimate of drug-likeness (QED) is 0.801. The van der Waals surface area contributed by atoms with E-state index in [4.69, 9.17) is 9.47 Å². The summed E-state index contributed by atoms with van der Waals surface area (Å²) in [7, 11) is 7.51. The van der Waals surface area contributed by atoms with E-state index in [0.717, 1.165) is 30.2 Å². The third-order valence-corrected chi connectivity index (χ3v) is 2.77. The summed E-state index contributed by atoms with van der Waals surface area (Å²) in [4.78, 5) is 2.17. The second-order valence-electron chi connectivity index (χ2n) is 4.72. The molecule has 4 nitrogen and oxygen atoms in total. The normalized spacial score (nSPS) is 12.6. The van der Waals surface area contributed by atoms with Gasteiger partial charge in [0.1, 0.15) is 11.5 Å². The molecule has 0 saturated carbocycles. The smallest absolute Gasteiger partial charge is 0.123 e. The molecule has 1 atom stereocenters. The van der Waals surface area contributed by atoms with Crippen molar-refractivity contribution in [1.82, 2.24) is 10.2 Å². The van der Waals surface area contributed by atoms with Crippen molar-refractivity contribution in [1.29, 1.82) is 0 Å². The number of likely N-dealkylation sites (N-methyl/N-ethyl adjacent to an activating group) is 1. The molecule has 0 fully saturated rings. The molecule has 0 heterocycles. The molecule has 0 aromatic heterocycles. The van der Waals surface area contributed by atoms with Gasteiger partial charge in [-0.15, -0.1) is 0 Å². The van der Waals surface area contributed by atoms with Gasteiger partial charge in [-0.3, -0.25) is 0 Å². The van der Waals surface area contributed by atoms with Crippen LogP contribution in [0.3, 0.4) is 0 Å². The second-order valence-corrected chi connectivity index (χ2v) is 4.72. The van der Waals surface area contributed by atoms with Crippen LogP contribution >= 0.6 is 0 Å². The highest BCUT2D eigenvalue weighted by Gasteiger charge is 2.07. The number of nitrogens with zero attached hydrogens (tertiary/aromatic N) is 1. The third-order valence-electron chi connectivity index (χ3n) is 2.77. The van der Waals surface area contributed by atoms with Gasteiger partial charge >= 0.3 is 0 Å². The van der Waals surface area contributed by atoms with Crippen LogP contribution < -0.4 is 14.8 Å². The molecule has 1 aromatic carbocycles. The van der Waals surface area contributed by atoms with Crippen LogP contribution in [0, 0.1) is 0 Å². The topological polar surface area (TPSA) is 33.7 Å². The highest BCUT2D eigenvalue weighted by Crippen LogP contribution is 2.23. The van der Waals surface area contributed by atoms with Crippen LogP contribution in [0.5, 0.6) is 11.5 Å². The number of methoxy groups -OCH3 is 2. The van der Waals surface area contributed by atoms with E-state index in [1.54, 1.807) is 14.2 Å². The molecule has 0 amide bonds. The van der Waals surface area contributed by atoms with Gasteiger partial charge in [0.2, 0.25) is 0 Å². The highest BCUT2D eigenvalue weighted by molar-refractivity contribution is 5.40. The van der Waals surface area contributed by atoms with Gasteiger partial charge in [0, 0.05) is 24.7 Å². The summed E-state index contributed by atoms with van der Waals surface area (Å²) < 4.78 is 10.6. The van der Waals surface area contributed by atoms with Gasteiger partial charge in [-0.1, -0.05) is 0 Å². The Morgan fingerprint density at radius 2 is 1.94 bits per heavy atom. The molecule has 18 heavy (non-hydrogen) atoms. The van der Waals surface area contributed by atoms with Gasteiger partial charge in [0.15, 0.2) is 0 Å². The molecule has 0 spiro atoms. The Bertz CT molecular complexity index is 367. The van der Waals surface area contributed by atoms with Crippen LogP contribution in [-0.2, 0) is 6.54 Å². The van der Waals surface area contributed by atoms with E-state index < -0.39 is 0 Å². The Labute approximate surface area is 110 Å². The maximum Gasteiger partial charge on any atom is 0.123 e. The first-order valence-electron chi connectivity index (χ1n) is 6.15.